The Balaban J connectivity index is 1.36. The second-order valence-corrected chi connectivity index (χ2v) is 10.3. The van der Waals surface area contributed by atoms with E-state index in [9.17, 15) is 4.79 Å². The average Bonchev–Trinajstić information content (AvgIpc) is 3.48. The molecule has 37 heavy (non-hydrogen) atoms. The van der Waals surface area contributed by atoms with Crippen molar-refractivity contribution < 1.29 is 9.53 Å². The second-order valence-electron chi connectivity index (χ2n) is 9.29. The summed E-state index contributed by atoms with van der Waals surface area (Å²) in [6.45, 7) is 7.67. The molecular formula is C29H31N5O2S. The third-order valence-electron chi connectivity index (χ3n) is 6.74. The first-order valence-electron chi connectivity index (χ1n) is 12.8. The van der Waals surface area contributed by atoms with Crippen LogP contribution < -0.4 is 4.74 Å². The normalized spacial score (nSPS) is 17.3. The number of carbonyl (C=O) groups excluding carboxylic acids is 1. The first-order valence-corrected chi connectivity index (χ1v) is 13.6. The van der Waals surface area contributed by atoms with E-state index in [4.69, 9.17) is 10.1 Å². The maximum absolute atomic E-state index is 12.9. The third kappa shape index (κ3) is 5.11. The molecule has 0 bridgehead atoms. The maximum Gasteiger partial charge on any atom is 0.283 e. The lowest BCUT2D eigenvalue weighted by molar-refractivity contribution is -0.114. The van der Waals surface area contributed by atoms with Crippen LogP contribution in [0.5, 0.6) is 5.75 Å². The molecule has 190 valence electrons. The molecule has 7 nitrogen and oxygen atoms in total. The second kappa shape index (κ2) is 10.8. The van der Waals surface area contributed by atoms with Gasteiger partial charge in [0.1, 0.15) is 17.4 Å². The largest absolute Gasteiger partial charge is 0.492 e. The van der Waals surface area contributed by atoms with E-state index in [1.807, 2.05) is 36.5 Å². The molecule has 0 spiro atoms. The van der Waals surface area contributed by atoms with Crippen LogP contribution in [-0.4, -0.2) is 38.1 Å². The van der Waals surface area contributed by atoms with Gasteiger partial charge in [0.25, 0.3) is 5.91 Å². The number of rotatable bonds is 9. The van der Waals surface area contributed by atoms with Gasteiger partial charge in [-0.1, -0.05) is 51.1 Å². The van der Waals surface area contributed by atoms with Crippen molar-refractivity contribution in [2.24, 2.45) is 10.1 Å². The summed E-state index contributed by atoms with van der Waals surface area (Å²) in [5.41, 5.74) is 3.48. The van der Waals surface area contributed by atoms with Gasteiger partial charge in [0.15, 0.2) is 5.84 Å². The lowest BCUT2D eigenvalue weighted by atomic mass is 9.99. The van der Waals surface area contributed by atoms with Crippen LogP contribution in [0.4, 0.5) is 0 Å². The van der Waals surface area contributed by atoms with E-state index in [0.29, 0.717) is 24.2 Å². The molecule has 8 heteroatoms. The lowest BCUT2D eigenvalue weighted by Gasteiger charge is -2.20. The Hall–Kier alpha value is -3.65. The topological polar surface area (TPSA) is 83.0 Å². The van der Waals surface area contributed by atoms with E-state index >= 15 is 0 Å². The molecule has 1 aromatic heterocycles. The standard InChI is InChI=1S/C29H31N5O2S/c1-4-8-26-32-34-27(30)24(28(35)31-29(34)37-26)17-21-18-33(25-10-7-6-9-23(21)25)15-16-36-22-13-11-20(12-14-22)19(3)5-2/h6-7,9-14,17-19,30H,4-5,8,15-16H2,1-3H3/b24-17-,30-27?/t19-/m0/s1. The van der Waals surface area contributed by atoms with Crippen LogP contribution in [0.1, 0.15) is 57.1 Å². The highest BCUT2D eigenvalue weighted by atomic mass is 32.2. The Morgan fingerprint density at radius 2 is 1.92 bits per heavy atom. The van der Waals surface area contributed by atoms with Crippen molar-refractivity contribution >= 4 is 50.7 Å². The van der Waals surface area contributed by atoms with Crippen molar-refractivity contribution in [3.8, 4) is 5.75 Å². The fourth-order valence-electron chi connectivity index (χ4n) is 4.47. The third-order valence-corrected chi connectivity index (χ3v) is 7.71. The quantitative estimate of drug-likeness (QED) is 0.325. The number of hydrogen-bond donors (Lipinski definition) is 1. The van der Waals surface area contributed by atoms with Gasteiger partial charge in [-0.05, 0) is 66.8 Å². The van der Waals surface area contributed by atoms with Crippen molar-refractivity contribution in [2.75, 3.05) is 6.61 Å². The minimum Gasteiger partial charge on any atom is -0.492 e. The highest BCUT2D eigenvalue weighted by Gasteiger charge is 2.35. The number of ether oxygens (including phenoxy) is 1. The maximum atomic E-state index is 12.9. The smallest absolute Gasteiger partial charge is 0.283 e. The Bertz CT molecular complexity index is 1430. The molecule has 5 rings (SSSR count). The number of carbonyl (C=O) groups is 1. The molecule has 3 aromatic rings. The van der Waals surface area contributed by atoms with Crippen molar-refractivity contribution in [3.63, 3.8) is 0 Å². The van der Waals surface area contributed by atoms with Crippen molar-refractivity contribution in [3.05, 3.63) is 71.4 Å². The molecule has 0 aliphatic carbocycles. The van der Waals surface area contributed by atoms with Gasteiger partial charge in [-0.2, -0.15) is 15.1 Å². The van der Waals surface area contributed by atoms with E-state index in [-0.39, 0.29) is 11.4 Å². The van der Waals surface area contributed by atoms with Crippen LogP contribution in [-0.2, 0) is 11.3 Å². The van der Waals surface area contributed by atoms with Crippen LogP contribution in [0.2, 0.25) is 0 Å². The van der Waals surface area contributed by atoms with Crippen LogP contribution in [0.25, 0.3) is 17.0 Å². The number of fused-ring (bicyclic) bond motifs is 2. The minimum absolute atomic E-state index is 0.0644. The number of amides is 1. The van der Waals surface area contributed by atoms with E-state index in [1.54, 1.807) is 6.08 Å². The van der Waals surface area contributed by atoms with E-state index in [2.05, 4.69) is 53.6 Å². The lowest BCUT2D eigenvalue weighted by Crippen LogP contribution is -2.35. The Labute approximate surface area is 221 Å². The first-order chi connectivity index (χ1) is 18.0. The SMILES string of the molecule is CCCC1=NN2C(=N)/C(=C/c3cn(CCOc4ccc([C@@H](C)CC)cc4)c4ccccc34)C(=O)N=C2S1. The van der Waals surface area contributed by atoms with Crippen LogP contribution >= 0.6 is 11.8 Å². The van der Waals surface area contributed by atoms with Gasteiger partial charge in [-0.15, -0.1) is 0 Å². The van der Waals surface area contributed by atoms with Gasteiger partial charge in [0, 0.05) is 22.7 Å². The van der Waals surface area contributed by atoms with Crippen molar-refractivity contribution in [1.82, 2.24) is 9.58 Å². The van der Waals surface area contributed by atoms with Gasteiger partial charge in [-0.3, -0.25) is 10.2 Å². The van der Waals surface area contributed by atoms with Crippen molar-refractivity contribution in [2.45, 2.75) is 52.5 Å². The molecule has 0 unspecified atom stereocenters. The monoisotopic (exact) mass is 513 g/mol. The van der Waals surface area contributed by atoms with Gasteiger partial charge in [-0.25, -0.2) is 0 Å². The number of aromatic nitrogens is 1. The molecular weight excluding hydrogens is 482 g/mol. The van der Waals surface area contributed by atoms with E-state index in [1.165, 1.54) is 22.3 Å². The summed E-state index contributed by atoms with van der Waals surface area (Å²) in [4.78, 5) is 17.1. The Morgan fingerprint density at radius 3 is 2.68 bits per heavy atom. The molecule has 0 saturated carbocycles. The number of hydrazone groups is 1. The zero-order valence-electron chi connectivity index (χ0n) is 21.4. The highest BCUT2D eigenvalue weighted by Crippen LogP contribution is 2.31. The fraction of sp³-hybridized carbons (Fsp3) is 0.310. The summed E-state index contributed by atoms with van der Waals surface area (Å²) in [6, 6.07) is 16.4. The van der Waals surface area contributed by atoms with Crippen LogP contribution in [0.3, 0.4) is 0 Å². The first kappa shape index (κ1) is 25.0. The van der Waals surface area contributed by atoms with Gasteiger partial charge in [0.2, 0.25) is 5.17 Å². The summed E-state index contributed by atoms with van der Waals surface area (Å²) in [6.07, 6.45) is 6.64. The molecule has 2 aliphatic heterocycles. The highest BCUT2D eigenvalue weighted by molar-refractivity contribution is 8.26. The molecule has 2 aromatic carbocycles. The molecule has 3 heterocycles. The number of para-hydroxylation sites is 1. The van der Waals surface area contributed by atoms with E-state index in [0.717, 1.165) is 46.5 Å². The summed E-state index contributed by atoms with van der Waals surface area (Å²) in [5.74, 6) is 1.05. The average molecular weight is 514 g/mol. The molecule has 0 fully saturated rings. The number of hydrogen-bond acceptors (Lipinski definition) is 5. The zero-order valence-corrected chi connectivity index (χ0v) is 22.2. The molecule has 0 saturated heterocycles. The minimum atomic E-state index is -0.405. The number of aliphatic imine (C=N–C) groups is 1. The number of nitrogens with zero attached hydrogens (tertiary/aromatic N) is 4. The number of nitrogens with one attached hydrogen (secondary N) is 1. The fourth-order valence-corrected chi connectivity index (χ4v) is 5.45. The molecule has 1 N–H and O–H groups in total. The number of benzene rings is 2. The predicted molar refractivity (Wildman–Crippen MR) is 152 cm³/mol. The predicted octanol–water partition coefficient (Wildman–Crippen LogP) is 6.65. The summed E-state index contributed by atoms with van der Waals surface area (Å²) >= 11 is 1.37. The summed E-state index contributed by atoms with van der Waals surface area (Å²) in [5, 5.41) is 17.0. The number of thioether (sulfide) groups is 1. The van der Waals surface area contributed by atoms with Gasteiger partial charge in [0.05, 0.1) is 12.1 Å². The Kier molecular flexibility index (Phi) is 7.28. The van der Waals surface area contributed by atoms with Gasteiger partial charge < -0.3 is 9.30 Å². The molecule has 1 amide bonds. The molecule has 0 radical (unpaired) electrons. The Morgan fingerprint density at radius 1 is 1.14 bits per heavy atom. The zero-order chi connectivity index (χ0) is 25.9. The number of amidine groups is 2. The van der Waals surface area contributed by atoms with Crippen molar-refractivity contribution in [1.29, 1.82) is 5.41 Å². The summed E-state index contributed by atoms with van der Waals surface area (Å²) in [7, 11) is 0. The van der Waals surface area contributed by atoms with Crippen LogP contribution in [0.15, 0.2) is 70.4 Å². The van der Waals surface area contributed by atoms with E-state index < -0.39 is 5.91 Å². The molecule has 1 atom stereocenters. The van der Waals surface area contributed by atoms with Crippen LogP contribution in [0, 0.1) is 5.41 Å². The molecule has 2 aliphatic rings. The van der Waals surface area contributed by atoms with Gasteiger partial charge >= 0.3 is 0 Å². The summed E-state index contributed by atoms with van der Waals surface area (Å²) < 4.78 is 8.16.